The number of nitrogens with one attached hydrogen (secondary N) is 2. The molecule has 0 aliphatic rings. The van der Waals surface area contributed by atoms with Crippen molar-refractivity contribution in [3.05, 3.63) is 118 Å². The Bertz CT molecular complexity index is 1790. The fraction of sp³-hybridized carbons (Fsp3) is 0.0357. The van der Waals surface area contributed by atoms with Crippen LogP contribution in [0.4, 0.5) is 10.1 Å². The fourth-order valence-corrected chi connectivity index (χ4v) is 3.97. The van der Waals surface area contributed by atoms with Gasteiger partial charge in [-0.25, -0.2) is 9.37 Å². The summed E-state index contributed by atoms with van der Waals surface area (Å²) < 4.78 is 21.7. The molecule has 0 saturated carbocycles. The quantitative estimate of drug-likeness (QED) is 0.312. The Kier molecular flexibility index (Phi) is 7.02. The number of nitrogens with zero attached hydrogens (tertiary/aromatic N) is 3. The lowest BCUT2D eigenvalue weighted by Gasteiger charge is -2.13. The van der Waals surface area contributed by atoms with Crippen LogP contribution in [-0.2, 0) is 0 Å². The molecule has 0 saturated heterocycles. The Morgan fingerprint density at radius 1 is 0.949 bits per heavy atom. The maximum Gasteiger partial charge on any atom is 0.269 e. The number of aromatic nitrogens is 3. The normalized spacial score (nSPS) is 10.7. The van der Waals surface area contributed by atoms with E-state index in [1.165, 1.54) is 48.1 Å². The molecule has 2 N–H and O–H groups in total. The Labute approximate surface area is 225 Å². The molecule has 2 amide bonds. The Hall–Kier alpha value is -5.09. The van der Waals surface area contributed by atoms with Gasteiger partial charge < -0.3 is 15.4 Å². The van der Waals surface area contributed by atoms with Gasteiger partial charge in [0.1, 0.15) is 22.7 Å². The molecule has 0 aliphatic heterocycles. The maximum absolute atomic E-state index is 14.9. The van der Waals surface area contributed by atoms with Gasteiger partial charge in [0.15, 0.2) is 11.6 Å². The number of halogens is 2. The molecule has 0 aliphatic carbocycles. The van der Waals surface area contributed by atoms with Crippen molar-refractivity contribution in [3.63, 3.8) is 0 Å². The van der Waals surface area contributed by atoms with Crippen LogP contribution >= 0.6 is 11.6 Å². The highest BCUT2D eigenvalue weighted by Crippen LogP contribution is 2.27. The first-order valence-electron chi connectivity index (χ1n) is 11.6. The third-order valence-electron chi connectivity index (χ3n) is 5.70. The zero-order valence-corrected chi connectivity index (χ0v) is 21.1. The number of hydrogen-bond donors (Lipinski definition) is 2. The molecule has 0 atom stereocenters. The molecule has 0 unspecified atom stereocenters. The minimum atomic E-state index is -0.771. The van der Waals surface area contributed by atoms with E-state index in [2.05, 4.69) is 20.6 Å². The molecule has 194 valence electrons. The molecular weight excluding hydrogens is 525 g/mol. The molecule has 39 heavy (non-hydrogen) atoms. The van der Waals surface area contributed by atoms with Crippen molar-refractivity contribution in [1.82, 2.24) is 19.9 Å². The van der Waals surface area contributed by atoms with Gasteiger partial charge in [0.05, 0.1) is 5.69 Å². The van der Waals surface area contributed by atoms with Crippen molar-refractivity contribution >= 4 is 40.1 Å². The second-order valence-corrected chi connectivity index (χ2v) is 8.68. The van der Waals surface area contributed by atoms with Crippen LogP contribution < -0.4 is 20.9 Å². The van der Waals surface area contributed by atoms with Crippen LogP contribution in [-0.4, -0.2) is 33.4 Å². The van der Waals surface area contributed by atoms with Crippen molar-refractivity contribution in [2.24, 2.45) is 0 Å². The van der Waals surface area contributed by atoms with Gasteiger partial charge in [-0.1, -0.05) is 11.6 Å². The van der Waals surface area contributed by atoms with Gasteiger partial charge in [-0.2, -0.15) is 0 Å². The van der Waals surface area contributed by atoms with Crippen LogP contribution in [0.5, 0.6) is 11.5 Å². The number of fused-ring (bicyclic) bond motifs is 1. The molecule has 3 aromatic heterocycles. The molecule has 2 aromatic carbocycles. The van der Waals surface area contributed by atoms with Gasteiger partial charge >= 0.3 is 0 Å². The standard InChI is InChI=1S/C28H19ClFN5O4/c1-31-27(37)23-15-20(10-12-32-23)39-24-9-6-18(14-22(24)30)34-26(36)21-13-16-3-2-11-33-25(16)35(28(21)38)19-7-4-17(29)5-8-19/h2-15H,1H3,(H,31,37)(H,34,36). The highest BCUT2D eigenvalue weighted by molar-refractivity contribution is 6.30. The summed E-state index contributed by atoms with van der Waals surface area (Å²) >= 11 is 6.00. The number of anilines is 1. The van der Waals surface area contributed by atoms with Crippen molar-refractivity contribution in [2.75, 3.05) is 12.4 Å². The van der Waals surface area contributed by atoms with E-state index in [0.717, 1.165) is 6.07 Å². The van der Waals surface area contributed by atoms with Crippen LogP contribution in [0, 0.1) is 5.82 Å². The lowest BCUT2D eigenvalue weighted by molar-refractivity contribution is 0.0957. The molecular formula is C28H19ClFN5O4. The highest BCUT2D eigenvalue weighted by atomic mass is 35.5. The Morgan fingerprint density at radius 3 is 2.49 bits per heavy atom. The minimum Gasteiger partial charge on any atom is -0.454 e. The number of amides is 2. The number of benzene rings is 2. The van der Waals surface area contributed by atoms with E-state index in [1.807, 2.05) is 0 Å². The summed E-state index contributed by atoms with van der Waals surface area (Å²) in [5.41, 5.74) is 0.287. The number of hydrogen-bond acceptors (Lipinski definition) is 6. The molecule has 0 fully saturated rings. The van der Waals surface area contributed by atoms with Crippen molar-refractivity contribution < 1.29 is 18.7 Å². The van der Waals surface area contributed by atoms with Crippen LogP contribution in [0.3, 0.4) is 0 Å². The molecule has 3 heterocycles. The van der Waals surface area contributed by atoms with Crippen LogP contribution in [0.25, 0.3) is 16.7 Å². The molecule has 0 spiro atoms. The fourth-order valence-electron chi connectivity index (χ4n) is 3.85. The van der Waals surface area contributed by atoms with Crippen molar-refractivity contribution in [3.8, 4) is 17.2 Å². The van der Waals surface area contributed by atoms with E-state index in [0.29, 0.717) is 21.7 Å². The van der Waals surface area contributed by atoms with Gasteiger partial charge in [-0.3, -0.25) is 23.9 Å². The first-order valence-corrected chi connectivity index (χ1v) is 12.0. The first kappa shape index (κ1) is 25.6. The van der Waals surface area contributed by atoms with Crippen LogP contribution in [0.15, 0.2) is 90.0 Å². The Balaban J connectivity index is 1.43. The van der Waals surface area contributed by atoms with Gasteiger partial charge in [-0.15, -0.1) is 0 Å². The van der Waals surface area contributed by atoms with Crippen LogP contribution in [0.1, 0.15) is 20.8 Å². The van der Waals surface area contributed by atoms with Gasteiger partial charge in [0.25, 0.3) is 17.4 Å². The largest absolute Gasteiger partial charge is 0.454 e. The summed E-state index contributed by atoms with van der Waals surface area (Å²) in [5, 5.41) is 6.06. The number of pyridine rings is 3. The number of rotatable bonds is 6. The zero-order chi connectivity index (χ0) is 27.5. The van der Waals surface area contributed by atoms with Crippen molar-refractivity contribution in [2.45, 2.75) is 0 Å². The second kappa shape index (κ2) is 10.7. The molecule has 0 bridgehead atoms. The summed E-state index contributed by atoms with van der Waals surface area (Å²) in [4.78, 5) is 46.6. The summed E-state index contributed by atoms with van der Waals surface area (Å²) in [6.45, 7) is 0. The second-order valence-electron chi connectivity index (χ2n) is 8.25. The summed E-state index contributed by atoms with van der Waals surface area (Å²) in [5.74, 6) is -1.85. The lowest BCUT2D eigenvalue weighted by atomic mass is 10.1. The van der Waals surface area contributed by atoms with E-state index >= 15 is 0 Å². The predicted octanol–water partition coefficient (Wildman–Crippen LogP) is 4.98. The monoisotopic (exact) mass is 543 g/mol. The van der Waals surface area contributed by atoms with E-state index in [4.69, 9.17) is 16.3 Å². The molecule has 5 rings (SSSR count). The van der Waals surface area contributed by atoms with Gasteiger partial charge in [0, 0.05) is 47.7 Å². The smallest absolute Gasteiger partial charge is 0.269 e. The summed E-state index contributed by atoms with van der Waals surface area (Å²) in [6, 6.07) is 18.1. The highest BCUT2D eigenvalue weighted by Gasteiger charge is 2.18. The minimum absolute atomic E-state index is 0.106. The Morgan fingerprint density at radius 2 is 1.74 bits per heavy atom. The number of carbonyl (C=O) groups excluding carboxylic acids is 2. The topological polar surface area (TPSA) is 115 Å². The summed E-state index contributed by atoms with van der Waals surface area (Å²) in [7, 11) is 1.46. The predicted molar refractivity (Wildman–Crippen MR) is 144 cm³/mol. The number of ether oxygens (including phenoxy) is 1. The van der Waals surface area contributed by atoms with E-state index in [-0.39, 0.29) is 28.4 Å². The van der Waals surface area contributed by atoms with E-state index < -0.39 is 23.2 Å². The molecule has 9 nitrogen and oxygen atoms in total. The molecule has 11 heteroatoms. The number of carbonyl (C=O) groups is 2. The average molecular weight is 544 g/mol. The summed E-state index contributed by atoms with van der Waals surface area (Å²) in [6.07, 6.45) is 2.91. The molecule has 5 aromatic rings. The third-order valence-corrected chi connectivity index (χ3v) is 5.95. The zero-order valence-electron chi connectivity index (χ0n) is 20.3. The van der Waals surface area contributed by atoms with Crippen molar-refractivity contribution in [1.29, 1.82) is 0 Å². The third kappa shape index (κ3) is 5.32. The van der Waals surface area contributed by atoms with Crippen LogP contribution in [0.2, 0.25) is 5.02 Å². The van der Waals surface area contributed by atoms with Gasteiger partial charge in [-0.05, 0) is 60.7 Å². The SMILES string of the molecule is CNC(=O)c1cc(Oc2ccc(NC(=O)c3cc4cccnc4n(-c4ccc(Cl)cc4)c3=O)cc2F)ccn1. The van der Waals surface area contributed by atoms with E-state index in [1.54, 1.807) is 42.6 Å². The van der Waals surface area contributed by atoms with E-state index in [9.17, 15) is 18.8 Å². The lowest BCUT2D eigenvalue weighted by Crippen LogP contribution is -2.29. The average Bonchev–Trinajstić information content (AvgIpc) is 2.94. The van der Waals surface area contributed by atoms with Gasteiger partial charge in [0.2, 0.25) is 0 Å². The maximum atomic E-state index is 14.9. The molecule has 0 radical (unpaired) electrons. The first-order chi connectivity index (χ1) is 18.8.